The molecule has 2 aliphatic heterocycles. The number of nitrogens with zero attached hydrogens (tertiary/aromatic N) is 2. The van der Waals surface area contributed by atoms with Crippen molar-refractivity contribution in [3.05, 3.63) is 90.0 Å². The van der Waals surface area contributed by atoms with Crippen LogP contribution in [0.1, 0.15) is 25.0 Å². The van der Waals surface area contributed by atoms with Crippen LogP contribution in [0.5, 0.6) is 0 Å². The van der Waals surface area contributed by atoms with Gasteiger partial charge >= 0.3 is 12.2 Å². The first-order chi connectivity index (χ1) is 25.5. The van der Waals surface area contributed by atoms with E-state index in [4.69, 9.17) is 23.4 Å². The third kappa shape index (κ3) is 9.44. The molecule has 6 rings (SSSR count). The zero-order valence-corrected chi connectivity index (χ0v) is 30.5. The normalized spacial score (nSPS) is 20.9. The number of rotatable bonds is 15. The second-order valence-electron chi connectivity index (χ2n) is 13.5. The summed E-state index contributed by atoms with van der Waals surface area (Å²) >= 11 is 0. The second kappa shape index (κ2) is 16.9. The van der Waals surface area contributed by atoms with Gasteiger partial charge in [-0.05, 0) is 35.6 Å². The molecule has 15 nitrogen and oxygen atoms in total. The Kier molecular flexibility index (Phi) is 12.1. The van der Waals surface area contributed by atoms with Gasteiger partial charge in [0, 0.05) is 32.7 Å². The van der Waals surface area contributed by atoms with Crippen molar-refractivity contribution in [1.29, 1.82) is 0 Å². The molecule has 1 aromatic heterocycles. The van der Waals surface area contributed by atoms with Gasteiger partial charge in [0.05, 0.1) is 36.2 Å². The Morgan fingerprint density at radius 3 is 2.21 bits per heavy atom. The molecule has 0 bridgehead atoms. The topological polar surface area (TPSA) is 191 Å². The molecule has 53 heavy (non-hydrogen) atoms. The van der Waals surface area contributed by atoms with E-state index in [0.717, 1.165) is 11.1 Å². The fourth-order valence-electron chi connectivity index (χ4n) is 6.45. The summed E-state index contributed by atoms with van der Waals surface area (Å²) in [6.45, 7) is 3.86. The van der Waals surface area contributed by atoms with Crippen LogP contribution in [0.15, 0.2) is 88.2 Å². The Balaban J connectivity index is 1.14. The molecule has 2 aliphatic rings. The Hall–Kier alpha value is -4.74. The molecule has 3 heterocycles. The summed E-state index contributed by atoms with van der Waals surface area (Å²) in [5, 5.41) is 20.0. The van der Waals surface area contributed by atoms with E-state index in [2.05, 4.69) is 20.9 Å². The summed E-state index contributed by atoms with van der Waals surface area (Å²) in [4.78, 5) is 30.4. The third-order valence-corrected chi connectivity index (χ3v) is 10.9. The van der Waals surface area contributed by atoms with Crippen molar-refractivity contribution in [3.8, 4) is 0 Å². The van der Waals surface area contributed by atoms with E-state index >= 15 is 0 Å². The summed E-state index contributed by atoms with van der Waals surface area (Å²) < 4.78 is 57.8. The smallest absolute Gasteiger partial charge is 0.407 e. The van der Waals surface area contributed by atoms with Gasteiger partial charge in [-0.25, -0.2) is 18.0 Å². The summed E-state index contributed by atoms with van der Waals surface area (Å²) in [5.74, 6) is -0.676. The predicted molar refractivity (Wildman–Crippen MR) is 193 cm³/mol. The molecule has 0 spiro atoms. The minimum atomic E-state index is -4.14. The number of hydrogen-bond donors (Lipinski definition) is 4. The van der Waals surface area contributed by atoms with E-state index in [1.54, 1.807) is 13.1 Å². The average molecular weight is 752 g/mol. The van der Waals surface area contributed by atoms with Gasteiger partial charge in [0.1, 0.15) is 17.7 Å². The van der Waals surface area contributed by atoms with E-state index in [9.17, 15) is 23.1 Å². The number of ether oxygens (including phenoxy) is 4. The molecule has 2 fully saturated rings. The molecule has 0 saturated carbocycles. The number of aromatic nitrogens is 1. The highest BCUT2D eigenvalue weighted by atomic mass is 32.2. The van der Waals surface area contributed by atoms with E-state index < -0.39 is 58.8 Å². The summed E-state index contributed by atoms with van der Waals surface area (Å²) in [5.41, 5.74) is 2.48. The van der Waals surface area contributed by atoms with Gasteiger partial charge in [-0.15, -0.1) is 0 Å². The maximum Gasteiger partial charge on any atom is 0.407 e. The molecule has 0 radical (unpaired) electrons. The lowest BCUT2D eigenvalue weighted by Gasteiger charge is -2.31. The fraction of sp³-hybridized carbons (Fsp3) is 0.432. The van der Waals surface area contributed by atoms with E-state index in [1.807, 2.05) is 74.5 Å². The minimum Gasteiger partial charge on any atom is -0.443 e. The standard InChI is InChI=1S/C37H45N5O10S/c1-23(2)19-42(53(46,47)26-14-15-27-30(17-26)50-35(38-3)40-27)20-29(43)28(16-24-10-6-4-7-11-24)41-37(45)52-32-22-49-34-33(32)31(21-48-34)51-36(44)39-18-25-12-8-5-9-13-25/h4-15,17,23,28-29,31-34,43H,16,18-22H2,1-3H3,(H,38,40)(H,39,44)(H,41,45)/t28-,29+,31-,32-,33-,34+/m0/s1. The maximum atomic E-state index is 14.0. The van der Waals surface area contributed by atoms with Gasteiger partial charge < -0.3 is 44.4 Å². The van der Waals surface area contributed by atoms with Crippen LogP contribution in [0.2, 0.25) is 0 Å². The van der Waals surface area contributed by atoms with Gasteiger partial charge in [-0.3, -0.25) is 0 Å². The summed E-state index contributed by atoms with van der Waals surface area (Å²) in [6.07, 6.45) is -4.97. The second-order valence-corrected chi connectivity index (χ2v) is 15.4. The van der Waals surface area contributed by atoms with Crippen LogP contribution in [0.4, 0.5) is 15.6 Å². The van der Waals surface area contributed by atoms with Crippen LogP contribution in [-0.2, 0) is 41.9 Å². The number of sulfonamides is 1. The highest BCUT2D eigenvalue weighted by molar-refractivity contribution is 7.89. The lowest BCUT2D eigenvalue weighted by Crippen LogP contribution is -2.52. The lowest BCUT2D eigenvalue weighted by molar-refractivity contribution is -0.0912. The van der Waals surface area contributed by atoms with E-state index in [0.29, 0.717) is 5.52 Å². The molecule has 4 N–H and O–H groups in total. The zero-order chi connectivity index (χ0) is 37.5. The molecule has 2 saturated heterocycles. The van der Waals surface area contributed by atoms with Crippen molar-refractivity contribution in [1.82, 2.24) is 19.9 Å². The number of oxazole rings is 1. The molecule has 284 valence electrons. The van der Waals surface area contributed by atoms with Gasteiger partial charge in [0.25, 0.3) is 6.01 Å². The molecule has 0 unspecified atom stereocenters. The van der Waals surface area contributed by atoms with Crippen molar-refractivity contribution >= 4 is 39.3 Å². The zero-order valence-electron chi connectivity index (χ0n) is 29.7. The molecule has 16 heteroatoms. The number of fused-ring (bicyclic) bond motifs is 2. The van der Waals surface area contributed by atoms with Crippen molar-refractivity contribution < 1.29 is 46.5 Å². The number of carbonyl (C=O) groups is 2. The van der Waals surface area contributed by atoms with Crippen LogP contribution in [0, 0.1) is 11.8 Å². The molecule has 4 aromatic rings. The average Bonchev–Trinajstić information content (AvgIpc) is 3.87. The maximum absolute atomic E-state index is 14.0. The Labute approximate surface area is 308 Å². The van der Waals surface area contributed by atoms with Crippen molar-refractivity contribution in [3.63, 3.8) is 0 Å². The number of nitrogens with one attached hydrogen (secondary N) is 3. The van der Waals surface area contributed by atoms with Gasteiger partial charge in [-0.1, -0.05) is 74.5 Å². The van der Waals surface area contributed by atoms with E-state index in [-0.39, 0.29) is 61.7 Å². The van der Waals surface area contributed by atoms with Crippen LogP contribution >= 0.6 is 0 Å². The van der Waals surface area contributed by atoms with Gasteiger partial charge in [0.15, 0.2) is 11.9 Å². The SMILES string of the molecule is CNc1nc2ccc(S(=O)(=O)N(CC(C)C)C[C@@H](O)[C@H](Cc3ccccc3)NC(=O)O[C@H]3CO[C@H]4OC[C@H](OC(=O)NCc5ccccc5)[C@H]43)cc2o1. The Bertz CT molecular complexity index is 1950. The quantitative estimate of drug-likeness (QED) is 0.137. The number of aliphatic hydroxyl groups excluding tert-OH is 1. The van der Waals surface area contributed by atoms with Gasteiger partial charge in [0.2, 0.25) is 10.0 Å². The van der Waals surface area contributed by atoms with Crippen LogP contribution < -0.4 is 16.0 Å². The highest BCUT2D eigenvalue weighted by Gasteiger charge is 2.52. The number of amides is 2. The lowest BCUT2D eigenvalue weighted by atomic mass is 10.00. The van der Waals surface area contributed by atoms with Gasteiger partial charge in [-0.2, -0.15) is 9.29 Å². The highest BCUT2D eigenvalue weighted by Crippen LogP contribution is 2.35. The molecular weight excluding hydrogens is 706 g/mol. The molecular formula is C37H45N5O10S. The number of aliphatic hydroxyl groups is 1. The summed E-state index contributed by atoms with van der Waals surface area (Å²) in [7, 11) is -2.49. The first-order valence-corrected chi connectivity index (χ1v) is 18.9. The van der Waals surface area contributed by atoms with Crippen LogP contribution in [-0.4, -0.2) is 99.0 Å². The van der Waals surface area contributed by atoms with Crippen molar-refractivity contribution in [2.45, 2.75) is 62.4 Å². The molecule has 6 atom stereocenters. The number of hydrogen-bond acceptors (Lipinski definition) is 12. The van der Waals surface area contributed by atoms with Crippen molar-refractivity contribution in [2.24, 2.45) is 11.8 Å². The number of alkyl carbamates (subject to hydrolysis) is 2. The summed E-state index contributed by atoms with van der Waals surface area (Å²) in [6, 6.07) is 22.3. The first kappa shape index (κ1) is 38.0. The number of benzene rings is 3. The molecule has 3 aromatic carbocycles. The number of anilines is 1. The fourth-order valence-corrected chi connectivity index (χ4v) is 8.08. The molecule has 2 amide bonds. The molecule has 0 aliphatic carbocycles. The monoisotopic (exact) mass is 751 g/mol. The predicted octanol–water partition coefficient (Wildman–Crippen LogP) is 3.88. The number of carbonyl (C=O) groups excluding carboxylic acids is 2. The van der Waals surface area contributed by atoms with Crippen LogP contribution in [0.3, 0.4) is 0 Å². The Morgan fingerprint density at radius 1 is 0.925 bits per heavy atom. The third-order valence-electron chi connectivity index (χ3n) is 9.06. The first-order valence-electron chi connectivity index (χ1n) is 17.5. The minimum absolute atomic E-state index is 0.00586. The largest absolute Gasteiger partial charge is 0.443 e. The van der Waals surface area contributed by atoms with Crippen molar-refractivity contribution in [2.75, 3.05) is 38.7 Å². The van der Waals surface area contributed by atoms with E-state index in [1.165, 1.54) is 16.4 Å². The van der Waals surface area contributed by atoms with Crippen LogP contribution in [0.25, 0.3) is 11.1 Å². The Morgan fingerprint density at radius 2 is 1.57 bits per heavy atom.